The molecule has 0 aliphatic heterocycles. The van der Waals surface area contributed by atoms with E-state index < -0.39 is 23.9 Å². The maximum Gasteiger partial charge on any atom is 0.417 e. The molecule has 0 saturated heterocycles. The van der Waals surface area contributed by atoms with Gasteiger partial charge in [-0.15, -0.1) is 0 Å². The minimum atomic E-state index is -4.60. The molecule has 0 radical (unpaired) electrons. The van der Waals surface area contributed by atoms with E-state index >= 15 is 0 Å². The van der Waals surface area contributed by atoms with Crippen molar-refractivity contribution in [1.82, 2.24) is 4.98 Å². The van der Waals surface area contributed by atoms with E-state index in [1.54, 1.807) is 0 Å². The van der Waals surface area contributed by atoms with Gasteiger partial charge in [0.2, 0.25) is 5.88 Å². The zero-order valence-corrected chi connectivity index (χ0v) is 9.48. The summed E-state index contributed by atoms with van der Waals surface area (Å²) in [7, 11) is 1.20. The number of aromatic nitrogens is 1. The summed E-state index contributed by atoms with van der Waals surface area (Å²) in [6, 6.07) is 0.676. The fraction of sp³-hybridized carbons (Fsp3) is 0.500. The molecule has 2 atom stereocenters. The molecular weight excluding hydrogens is 253 g/mol. The Kier molecular flexibility index (Phi) is 4.49. The first-order chi connectivity index (χ1) is 8.31. The molecule has 0 bridgehead atoms. The first-order valence-electron chi connectivity index (χ1n) is 4.98. The van der Waals surface area contributed by atoms with Crippen LogP contribution in [0.15, 0.2) is 12.3 Å². The first-order valence-corrected chi connectivity index (χ1v) is 4.98. The van der Waals surface area contributed by atoms with Crippen molar-refractivity contribution in [2.24, 2.45) is 5.73 Å². The second-order valence-electron chi connectivity index (χ2n) is 3.57. The van der Waals surface area contributed by atoms with Gasteiger partial charge < -0.3 is 20.7 Å². The molecule has 0 fully saturated rings. The van der Waals surface area contributed by atoms with Crippen molar-refractivity contribution in [3.8, 4) is 5.88 Å². The predicted molar refractivity (Wildman–Crippen MR) is 55.8 cm³/mol. The molecule has 1 aromatic rings. The summed E-state index contributed by atoms with van der Waals surface area (Å²) in [6.45, 7) is -0.305. The quantitative estimate of drug-likeness (QED) is 0.737. The van der Waals surface area contributed by atoms with Gasteiger partial charge in [0.25, 0.3) is 0 Å². The average Bonchev–Trinajstić information content (AvgIpc) is 2.35. The number of hydrogen-bond donors (Lipinski definition) is 3. The van der Waals surface area contributed by atoms with Gasteiger partial charge in [-0.3, -0.25) is 0 Å². The topological polar surface area (TPSA) is 88.6 Å². The van der Waals surface area contributed by atoms with Gasteiger partial charge in [0.1, 0.15) is 6.10 Å². The van der Waals surface area contributed by atoms with E-state index in [0.717, 1.165) is 0 Å². The number of alkyl halides is 3. The third kappa shape index (κ3) is 3.09. The molecule has 18 heavy (non-hydrogen) atoms. The summed E-state index contributed by atoms with van der Waals surface area (Å²) >= 11 is 0. The average molecular weight is 266 g/mol. The maximum absolute atomic E-state index is 12.5. The van der Waals surface area contributed by atoms with Crippen LogP contribution in [0.5, 0.6) is 5.88 Å². The van der Waals surface area contributed by atoms with E-state index in [2.05, 4.69) is 4.98 Å². The van der Waals surface area contributed by atoms with E-state index in [-0.39, 0.29) is 18.0 Å². The predicted octanol–water partition coefficient (Wildman–Crippen LogP) is 0.462. The Balaban J connectivity index is 3.22. The van der Waals surface area contributed by atoms with Crippen LogP contribution in [-0.4, -0.2) is 35.0 Å². The number of pyridine rings is 1. The van der Waals surface area contributed by atoms with Gasteiger partial charge in [-0.05, 0) is 6.07 Å². The van der Waals surface area contributed by atoms with Crippen LogP contribution in [0.1, 0.15) is 17.2 Å². The molecule has 5 nitrogen and oxygen atoms in total. The van der Waals surface area contributed by atoms with E-state index in [1.807, 2.05) is 0 Å². The first kappa shape index (κ1) is 14.7. The van der Waals surface area contributed by atoms with Crippen LogP contribution in [-0.2, 0) is 6.18 Å². The Bertz CT molecular complexity index is 412. The Morgan fingerprint density at radius 2 is 2.06 bits per heavy atom. The molecule has 8 heteroatoms. The smallest absolute Gasteiger partial charge is 0.417 e. The van der Waals surface area contributed by atoms with Crippen LogP contribution in [0.3, 0.4) is 0 Å². The molecule has 1 aromatic heterocycles. The molecular formula is C10H13F3N2O3. The lowest BCUT2D eigenvalue weighted by molar-refractivity contribution is -0.138. The number of halogens is 3. The summed E-state index contributed by atoms with van der Waals surface area (Å²) < 4.78 is 42.2. The molecule has 0 amide bonds. The van der Waals surface area contributed by atoms with E-state index in [1.165, 1.54) is 7.11 Å². The van der Waals surface area contributed by atoms with Crippen LogP contribution in [0.4, 0.5) is 13.2 Å². The number of aliphatic hydroxyl groups excluding tert-OH is 2. The third-order valence-corrected chi connectivity index (χ3v) is 2.32. The molecule has 2 unspecified atom stereocenters. The SMILES string of the molecule is COc1ncc(C(F)(F)F)cc1C(O)C(O)CN. The van der Waals surface area contributed by atoms with Crippen molar-refractivity contribution >= 4 is 0 Å². The second kappa shape index (κ2) is 5.51. The highest BCUT2D eigenvalue weighted by Gasteiger charge is 2.33. The van der Waals surface area contributed by atoms with Gasteiger partial charge in [0.15, 0.2) is 0 Å². The van der Waals surface area contributed by atoms with E-state index in [4.69, 9.17) is 10.5 Å². The highest BCUT2D eigenvalue weighted by molar-refractivity contribution is 5.33. The summed E-state index contributed by atoms with van der Waals surface area (Å²) in [5.74, 6) is -0.192. The minimum absolute atomic E-state index is 0.192. The maximum atomic E-state index is 12.5. The van der Waals surface area contributed by atoms with Gasteiger partial charge in [0.05, 0.1) is 18.8 Å². The summed E-state index contributed by atoms with van der Waals surface area (Å²) in [5.41, 5.74) is 3.83. The van der Waals surface area contributed by atoms with Crippen molar-refractivity contribution in [3.63, 3.8) is 0 Å². The Morgan fingerprint density at radius 1 is 1.44 bits per heavy atom. The Hall–Kier alpha value is -1.38. The zero-order chi connectivity index (χ0) is 13.9. The van der Waals surface area contributed by atoms with E-state index in [9.17, 15) is 23.4 Å². The van der Waals surface area contributed by atoms with Crippen molar-refractivity contribution in [2.75, 3.05) is 13.7 Å². The number of nitrogens with two attached hydrogens (primary N) is 1. The molecule has 102 valence electrons. The van der Waals surface area contributed by atoms with Crippen LogP contribution < -0.4 is 10.5 Å². The zero-order valence-electron chi connectivity index (χ0n) is 9.48. The number of aliphatic hydroxyl groups is 2. The lowest BCUT2D eigenvalue weighted by Gasteiger charge is -2.19. The van der Waals surface area contributed by atoms with Gasteiger partial charge in [-0.1, -0.05) is 0 Å². The minimum Gasteiger partial charge on any atom is -0.481 e. The monoisotopic (exact) mass is 266 g/mol. The molecule has 0 aliphatic carbocycles. The van der Waals surface area contributed by atoms with Crippen LogP contribution >= 0.6 is 0 Å². The molecule has 4 N–H and O–H groups in total. The van der Waals surface area contributed by atoms with E-state index in [0.29, 0.717) is 12.3 Å². The molecule has 1 heterocycles. The highest BCUT2D eigenvalue weighted by atomic mass is 19.4. The summed E-state index contributed by atoms with van der Waals surface area (Å²) in [6.07, 6.45) is -7.01. The van der Waals surface area contributed by atoms with Crippen molar-refractivity contribution in [3.05, 3.63) is 23.4 Å². The lowest BCUT2D eigenvalue weighted by Crippen LogP contribution is -2.28. The molecule has 0 spiro atoms. The van der Waals surface area contributed by atoms with Gasteiger partial charge in [-0.2, -0.15) is 13.2 Å². The Labute approximate surface area is 101 Å². The lowest BCUT2D eigenvalue weighted by atomic mass is 10.0. The number of rotatable bonds is 4. The fourth-order valence-electron chi connectivity index (χ4n) is 1.34. The van der Waals surface area contributed by atoms with Crippen molar-refractivity contribution < 1.29 is 28.1 Å². The molecule has 0 aliphatic rings. The van der Waals surface area contributed by atoms with Gasteiger partial charge in [-0.25, -0.2) is 4.98 Å². The van der Waals surface area contributed by atoms with Crippen LogP contribution in [0, 0.1) is 0 Å². The number of hydrogen-bond acceptors (Lipinski definition) is 5. The molecule has 0 saturated carbocycles. The number of nitrogens with zero attached hydrogens (tertiary/aromatic N) is 1. The highest BCUT2D eigenvalue weighted by Crippen LogP contribution is 2.33. The Morgan fingerprint density at radius 3 is 2.50 bits per heavy atom. The number of ether oxygens (including phenoxy) is 1. The standard InChI is InChI=1S/C10H13F3N2O3/c1-18-9-6(8(17)7(16)3-14)2-5(4-15-9)10(11,12)13/h2,4,7-8,16-17H,3,14H2,1H3. The van der Waals surface area contributed by atoms with Crippen LogP contribution in [0.2, 0.25) is 0 Å². The molecule has 0 aromatic carbocycles. The largest absolute Gasteiger partial charge is 0.481 e. The van der Waals surface area contributed by atoms with Gasteiger partial charge >= 0.3 is 6.18 Å². The second-order valence-corrected chi connectivity index (χ2v) is 3.57. The van der Waals surface area contributed by atoms with Crippen molar-refractivity contribution in [2.45, 2.75) is 18.4 Å². The number of methoxy groups -OCH3 is 1. The third-order valence-electron chi connectivity index (χ3n) is 2.32. The summed E-state index contributed by atoms with van der Waals surface area (Å²) in [5, 5.41) is 19.0. The van der Waals surface area contributed by atoms with Gasteiger partial charge in [0, 0.05) is 18.3 Å². The summed E-state index contributed by atoms with van der Waals surface area (Å²) in [4.78, 5) is 3.45. The van der Waals surface area contributed by atoms with Crippen molar-refractivity contribution in [1.29, 1.82) is 0 Å². The van der Waals surface area contributed by atoms with Crippen LogP contribution in [0.25, 0.3) is 0 Å². The fourth-order valence-corrected chi connectivity index (χ4v) is 1.34. The normalized spacial score (nSPS) is 15.3. The molecule has 1 rings (SSSR count).